The van der Waals surface area contributed by atoms with E-state index in [4.69, 9.17) is 5.26 Å². The quantitative estimate of drug-likeness (QED) is 0.715. The van der Waals surface area contributed by atoms with Crippen molar-refractivity contribution in [3.63, 3.8) is 0 Å². The standard InChI is InChI=1S/C14H10N4/c15-8-12-6-10-9-16-14(7-13(10)17-12)18-11-4-2-1-3-5-11/h1-7,9,17H,(H,16,18). The van der Waals surface area contributed by atoms with E-state index in [0.717, 1.165) is 22.4 Å². The van der Waals surface area contributed by atoms with Crippen LogP contribution in [-0.4, -0.2) is 9.97 Å². The molecule has 3 aromatic rings. The van der Waals surface area contributed by atoms with Crippen molar-refractivity contribution in [2.45, 2.75) is 0 Å². The van der Waals surface area contributed by atoms with Gasteiger partial charge in [0.25, 0.3) is 0 Å². The molecule has 0 fully saturated rings. The smallest absolute Gasteiger partial charge is 0.132 e. The highest BCUT2D eigenvalue weighted by atomic mass is 15.0. The molecule has 0 bridgehead atoms. The molecule has 4 nitrogen and oxygen atoms in total. The summed E-state index contributed by atoms with van der Waals surface area (Å²) in [6.07, 6.45) is 1.75. The van der Waals surface area contributed by atoms with Gasteiger partial charge in [-0.3, -0.25) is 0 Å². The third-order valence-corrected chi connectivity index (χ3v) is 2.67. The van der Waals surface area contributed by atoms with Gasteiger partial charge in [-0.25, -0.2) is 4.98 Å². The molecule has 4 heteroatoms. The van der Waals surface area contributed by atoms with Gasteiger partial charge in [0, 0.05) is 23.3 Å². The van der Waals surface area contributed by atoms with Crippen molar-refractivity contribution < 1.29 is 0 Å². The van der Waals surface area contributed by atoms with Crippen LogP contribution in [-0.2, 0) is 0 Å². The Hall–Kier alpha value is -2.80. The van der Waals surface area contributed by atoms with E-state index in [0.29, 0.717) is 5.69 Å². The largest absolute Gasteiger partial charge is 0.346 e. The number of hydrogen-bond donors (Lipinski definition) is 2. The van der Waals surface area contributed by atoms with E-state index >= 15 is 0 Å². The summed E-state index contributed by atoms with van der Waals surface area (Å²) in [6.45, 7) is 0. The second-order valence-corrected chi connectivity index (χ2v) is 3.94. The van der Waals surface area contributed by atoms with Crippen molar-refractivity contribution in [3.05, 3.63) is 54.4 Å². The van der Waals surface area contributed by atoms with Gasteiger partial charge in [0.05, 0.1) is 5.52 Å². The lowest BCUT2D eigenvalue weighted by molar-refractivity contribution is 1.32. The van der Waals surface area contributed by atoms with Crippen LogP contribution in [0.5, 0.6) is 0 Å². The molecule has 0 radical (unpaired) electrons. The minimum absolute atomic E-state index is 0.545. The molecule has 0 aliphatic carbocycles. The Bertz CT molecular complexity index is 722. The van der Waals surface area contributed by atoms with Crippen LogP contribution in [0.1, 0.15) is 5.69 Å². The van der Waals surface area contributed by atoms with Gasteiger partial charge in [-0.15, -0.1) is 0 Å². The van der Waals surface area contributed by atoms with Gasteiger partial charge in [0.15, 0.2) is 0 Å². The van der Waals surface area contributed by atoms with E-state index in [9.17, 15) is 0 Å². The third-order valence-electron chi connectivity index (χ3n) is 2.67. The Morgan fingerprint density at radius 2 is 2.00 bits per heavy atom. The first-order valence-corrected chi connectivity index (χ1v) is 5.56. The molecule has 0 saturated carbocycles. The SMILES string of the molecule is N#Cc1cc2cnc(Nc3ccccc3)cc2[nH]1. The van der Waals surface area contributed by atoms with Gasteiger partial charge in [0.2, 0.25) is 0 Å². The number of para-hydroxylation sites is 1. The molecular weight excluding hydrogens is 224 g/mol. The Balaban J connectivity index is 1.96. The number of aromatic nitrogens is 2. The summed E-state index contributed by atoms with van der Waals surface area (Å²) >= 11 is 0. The van der Waals surface area contributed by atoms with Gasteiger partial charge in [-0.05, 0) is 18.2 Å². The Labute approximate surface area is 104 Å². The van der Waals surface area contributed by atoms with E-state index < -0.39 is 0 Å². The number of nitrogens with one attached hydrogen (secondary N) is 2. The molecule has 0 unspecified atom stereocenters. The number of hydrogen-bond acceptors (Lipinski definition) is 3. The molecule has 2 heterocycles. The highest BCUT2D eigenvalue weighted by Crippen LogP contribution is 2.19. The van der Waals surface area contributed by atoms with Crippen molar-refractivity contribution in [1.82, 2.24) is 9.97 Å². The minimum atomic E-state index is 0.545. The molecule has 0 spiro atoms. The zero-order chi connectivity index (χ0) is 12.4. The van der Waals surface area contributed by atoms with Gasteiger partial charge in [-0.1, -0.05) is 18.2 Å². The molecule has 18 heavy (non-hydrogen) atoms. The number of nitriles is 1. The molecule has 0 aliphatic heterocycles. The third kappa shape index (κ3) is 1.89. The minimum Gasteiger partial charge on any atom is -0.346 e. The first kappa shape index (κ1) is 10.4. The van der Waals surface area contributed by atoms with Crippen LogP contribution in [0.15, 0.2) is 48.7 Å². The summed E-state index contributed by atoms with van der Waals surface area (Å²) in [5.74, 6) is 0.750. The fourth-order valence-electron chi connectivity index (χ4n) is 1.82. The maximum Gasteiger partial charge on any atom is 0.132 e. The van der Waals surface area contributed by atoms with Crippen molar-refractivity contribution in [2.75, 3.05) is 5.32 Å². The summed E-state index contributed by atoms with van der Waals surface area (Å²) < 4.78 is 0. The van der Waals surface area contributed by atoms with Gasteiger partial charge in [0.1, 0.15) is 17.6 Å². The van der Waals surface area contributed by atoms with Crippen LogP contribution in [0.3, 0.4) is 0 Å². The molecular formula is C14H10N4. The van der Waals surface area contributed by atoms with E-state index in [-0.39, 0.29) is 0 Å². The maximum absolute atomic E-state index is 8.83. The summed E-state index contributed by atoms with van der Waals surface area (Å²) in [4.78, 5) is 7.34. The number of anilines is 2. The number of H-pyrrole nitrogens is 1. The van der Waals surface area contributed by atoms with Crippen molar-refractivity contribution in [3.8, 4) is 6.07 Å². The van der Waals surface area contributed by atoms with Gasteiger partial charge < -0.3 is 10.3 Å². The average Bonchev–Trinajstić information content (AvgIpc) is 2.82. The molecule has 3 rings (SSSR count). The topological polar surface area (TPSA) is 64.5 Å². The first-order chi connectivity index (χ1) is 8.85. The highest BCUT2D eigenvalue weighted by molar-refractivity contribution is 5.83. The number of pyridine rings is 1. The van der Waals surface area contributed by atoms with Crippen LogP contribution in [0.4, 0.5) is 11.5 Å². The van der Waals surface area contributed by atoms with Crippen LogP contribution >= 0.6 is 0 Å². The summed E-state index contributed by atoms with van der Waals surface area (Å²) in [5, 5.41) is 13.0. The van der Waals surface area contributed by atoms with Crippen molar-refractivity contribution >= 4 is 22.4 Å². The summed E-state index contributed by atoms with van der Waals surface area (Å²) in [6, 6.07) is 15.6. The van der Waals surface area contributed by atoms with Gasteiger partial charge >= 0.3 is 0 Å². The average molecular weight is 234 g/mol. The maximum atomic E-state index is 8.83. The van der Waals surface area contributed by atoms with Gasteiger partial charge in [-0.2, -0.15) is 5.26 Å². The molecule has 86 valence electrons. The lowest BCUT2D eigenvalue weighted by Crippen LogP contribution is -1.92. The first-order valence-electron chi connectivity index (χ1n) is 5.56. The number of nitrogens with zero attached hydrogens (tertiary/aromatic N) is 2. The molecule has 0 aliphatic rings. The lowest BCUT2D eigenvalue weighted by Gasteiger charge is -2.04. The van der Waals surface area contributed by atoms with E-state index in [1.807, 2.05) is 36.4 Å². The fourth-order valence-corrected chi connectivity index (χ4v) is 1.82. The van der Waals surface area contributed by atoms with Crippen molar-refractivity contribution in [2.24, 2.45) is 0 Å². The number of benzene rings is 1. The second kappa shape index (κ2) is 4.22. The molecule has 0 amide bonds. The number of rotatable bonds is 2. The predicted molar refractivity (Wildman–Crippen MR) is 70.5 cm³/mol. The highest BCUT2D eigenvalue weighted by Gasteiger charge is 2.02. The number of fused-ring (bicyclic) bond motifs is 1. The molecule has 0 atom stereocenters. The van der Waals surface area contributed by atoms with E-state index in [1.54, 1.807) is 12.3 Å². The molecule has 2 aromatic heterocycles. The fraction of sp³-hybridized carbons (Fsp3) is 0. The number of aromatic amines is 1. The summed E-state index contributed by atoms with van der Waals surface area (Å²) in [5.41, 5.74) is 2.43. The monoisotopic (exact) mass is 234 g/mol. The lowest BCUT2D eigenvalue weighted by atomic mass is 10.3. The van der Waals surface area contributed by atoms with Crippen LogP contribution < -0.4 is 5.32 Å². The zero-order valence-corrected chi connectivity index (χ0v) is 9.51. The van der Waals surface area contributed by atoms with Crippen LogP contribution in [0.2, 0.25) is 0 Å². The predicted octanol–water partition coefficient (Wildman–Crippen LogP) is 3.18. The Morgan fingerprint density at radius 1 is 1.17 bits per heavy atom. The second-order valence-electron chi connectivity index (χ2n) is 3.94. The normalized spacial score (nSPS) is 10.2. The molecule has 2 N–H and O–H groups in total. The molecule has 1 aromatic carbocycles. The van der Waals surface area contributed by atoms with E-state index in [1.165, 1.54) is 0 Å². The Kier molecular flexibility index (Phi) is 2.43. The van der Waals surface area contributed by atoms with Crippen LogP contribution in [0.25, 0.3) is 10.9 Å². The van der Waals surface area contributed by atoms with Crippen LogP contribution in [0, 0.1) is 11.3 Å². The summed E-state index contributed by atoms with van der Waals surface area (Å²) in [7, 11) is 0. The van der Waals surface area contributed by atoms with Crippen molar-refractivity contribution in [1.29, 1.82) is 5.26 Å². The van der Waals surface area contributed by atoms with E-state index in [2.05, 4.69) is 21.4 Å². The zero-order valence-electron chi connectivity index (χ0n) is 9.51. The Morgan fingerprint density at radius 3 is 2.78 bits per heavy atom. The molecule has 0 saturated heterocycles.